The first-order valence-corrected chi connectivity index (χ1v) is 10.0. The second-order valence-electron chi connectivity index (χ2n) is 6.94. The molecule has 0 fully saturated rings. The molecule has 0 bridgehead atoms. The lowest BCUT2D eigenvalue weighted by atomic mass is 10.2. The van der Waals surface area contributed by atoms with Crippen molar-refractivity contribution in [2.24, 2.45) is 0 Å². The fourth-order valence-corrected chi connectivity index (χ4v) is 3.42. The third-order valence-electron chi connectivity index (χ3n) is 4.68. The lowest BCUT2D eigenvalue weighted by Crippen LogP contribution is -2.00. The minimum atomic E-state index is 0.332. The van der Waals surface area contributed by atoms with Crippen molar-refractivity contribution in [2.45, 2.75) is 13.2 Å². The molecule has 154 valence electrons. The third-order valence-corrected chi connectivity index (χ3v) is 4.91. The minimum absolute atomic E-state index is 0.332. The van der Waals surface area contributed by atoms with Gasteiger partial charge in [0.1, 0.15) is 35.8 Å². The smallest absolute Gasteiger partial charge is 0.143 e. The fourth-order valence-electron chi connectivity index (χ4n) is 3.20. The maximum Gasteiger partial charge on any atom is 0.143 e. The van der Waals surface area contributed by atoms with Crippen LogP contribution in [0.3, 0.4) is 0 Å². The van der Waals surface area contributed by atoms with Gasteiger partial charge in [0, 0.05) is 16.9 Å². The zero-order valence-electron chi connectivity index (χ0n) is 16.4. The van der Waals surface area contributed by atoms with Gasteiger partial charge in [-0.15, -0.1) is 5.10 Å². The Morgan fingerprint density at radius 3 is 2.84 bits per heavy atom. The Balaban J connectivity index is 1.19. The van der Waals surface area contributed by atoms with Gasteiger partial charge in [-0.1, -0.05) is 28.9 Å². The largest absolute Gasteiger partial charge is 0.487 e. The normalized spacial score (nSPS) is 11.0. The van der Waals surface area contributed by atoms with E-state index in [4.69, 9.17) is 16.3 Å². The molecule has 0 spiro atoms. The van der Waals surface area contributed by atoms with Gasteiger partial charge in [0.05, 0.1) is 18.1 Å². The molecule has 0 aliphatic rings. The van der Waals surface area contributed by atoms with Crippen LogP contribution >= 0.6 is 11.6 Å². The van der Waals surface area contributed by atoms with E-state index in [2.05, 4.69) is 30.6 Å². The Kier molecular flexibility index (Phi) is 5.20. The molecule has 0 unspecified atom stereocenters. The summed E-state index contributed by atoms with van der Waals surface area (Å²) in [5.74, 6) is 1.49. The molecule has 31 heavy (non-hydrogen) atoms. The van der Waals surface area contributed by atoms with Gasteiger partial charge in [-0.2, -0.15) is 0 Å². The third kappa shape index (κ3) is 4.49. The van der Waals surface area contributed by atoms with Gasteiger partial charge in [0.2, 0.25) is 0 Å². The number of benzene rings is 2. The Bertz CT molecular complexity index is 1310. The SMILES string of the molecule is Clc1cccc(Cn2cc(COc3ccc(Nc4ncnc5[nH]ccc45)cc3)nn2)c1. The number of rotatable bonds is 7. The number of anilines is 2. The first-order valence-electron chi connectivity index (χ1n) is 9.64. The molecule has 0 radical (unpaired) electrons. The summed E-state index contributed by atoms with van der Waals surface area (Å²) in [6.45, 7) is 0.934. The van der Waals surface area contributed by atoms with E-state index in [1.54, 1.807) is 4.68 Å². The van der Waals surface area contributed by atoms with Crippen LogP contribution in [0.5, 0.6) is 5.75 Å². The highest BCUT2D eigenvalue weighted by Gasteiger charge is 2.06. The Morgan fingerprint density at radius 2 is 1.97 bits per heavy atom. The number of aromatic amines is 1. The summed E-state index contributed by atoms with van der Waals surface area (Å²) in [7, 11) is 0. The number of hydrogen-bond donors (Lipinski definition) is 2. The molecule has 8 nitrogen and oxygen atoms in total. The van der Waals surface area contributed by atoms with Gasteiger partial charge in [-0.3, -0.25) is 0 Å². The quantitative estimate of drug-likeness (QED) is 0.392. The van der Waals surface area contributed by atoms with Crippen LogP contribution in [0.2, 0.25) is 5.02 Å². The fraction of sp³-hybridized carbons (Fsp3) is 0.0909. The van der Waals surface area contributed by atoms with E-state index in [9.17, 15) is 0 Å². The summed E-state index contributed by atoms with van der Waals surface area (Å²) in [5, 5.41) is 13.3. The Hall–Kier alpha value is -3.91. The van der Waals surface area contributed by atoms with E-state index < -0.39 is 0 Å². The molecule has 5 rings (SSSR count). The first-order chi connectivity index (χ1) is 15.2. The van der Waals surface area contributed by atoms with Crippen LogP contribution in [0.1, 0.15) is 11.3 Å². The van der Waals surface area contributed by atoms with Crippen molar-refractivity contribution in [3.63, 3.8) is 0 Å². The predicted molar refractivity (Wildman–Crippen MR) is 119 cm³/mol. The number of nitrogens with one attached hydrogen (secondary N) is 2. The first kappa shape index (κ1) is 19.1. The Labute approximate surface area is 182 Å². The van der Waals surface area contributed by atoms with E-state index in [0.717, 1.165) is 39.5 Å². The van der Waals surface area contributed by atoms with Crippen molar-refractivity contribution in [3.8, 4) is 5.75 Å². The molecule has 0 atom stereocenters. The van der Waals surface area contributed by atoms with Crippen molar-refractivity contribution >= 4 is 34.1 Å². The molecule has 3 heterocycles. The van der Waals surface area contributed by atoms with E-state index in [1.807, 2.05) is 67.0 Å². The monoisotopic (exact) mass is 431 g/mol. The zero-order chi connectivity index (χ0) is 21.0. The maximum atomic E-state index is 6.03. The van der Waals surface area contributed by atoms with Crippen LogP contribution in [0.25, 0.3) is 11.0 Å². The van der Waals surface area contributed by atoms with E-state index in [-0.39, 0.29) is 0 Å². The van der Waals surface area contributed by atoms with Crippen molar-refractivity contribution in [1.29, 1.82) is 0 Å². The maximum absolute atomic E-state index is 6.03. The molecule has 2 aromatic carbocycles. The summed E-state index contributed by atoms with van der Waals surface area (Å²) in [4.78, 5) is 11.6. The zero-order valence-corrected chi connectivity index (χ0v) is 17.1. The number of aromatic nitrogens is 6. The highest BCUT2D eigenvalue weighted by Crippen LogP contribution is 2.24. The van der Waals surface area contributed by atoms with Crippen LogP contribution < -0.4 is 10.1 Å². The van der Waals surface area contributed by atoms with E-state index in [1.165, 1.54) is 6.33 Å². The standard InChI is InChI=1S/C22H18ClN7O/c23-16-3-1-2-15(10-16)11-30-12-18(28-29-30)13-31-19-6-4-17(5-7-19)27-22-20-8-9-24-21(20)25-14-26-22/h1-10,12,14H,11,13H2,(H2,24,25,26,27). The number of H-pyrrole nitrogens is 1. The summed E-state index contributed by atoms with van der Waals surface area (Å²) < 4.78 is 7.61. The molecule has 0 saturated carbocycles. The summed E-state index contributed by atoms with van der Waals surface area (Å²) >= 11 is 6.03. The van der Waals surface area contributed by atoms with Gasteiger partial charge in [0.15, 0.2) is 0 Å². The van der Waals surface area contributed by atoms with Gasteiger partial charge in [0.25, 0.3) is 0 Å². The van der Waals surface area contributed by atoms with Crippen LogP contribution in [0.15, 0.2) is 73.3 Å². The molecule has 2 N–H and O–H groups in total. The molecular weight excluding hydrogens is 414 g/mol. The molecule has 0 aliphatic carbocycles. The molecule has 5 aromatic rings. The van der Waals surface area contributed by atoms with Gasteiger partial charge in [-0.25, -0.2) is 14.6 Å². The van der Waals surface area contributed by atoms with Gasteiger partial charge in [-0.05, 0) is 48.0 Å². The second kappa shape index (κ2) is 8.45. The number of hydrogen-bond acceptors (Lipinski definition) is 6. The average molecular weight is 432 g/mol. The van der Waals surface area contributed by atoms with Gasteiger partial charge < -0.3 is 15.0 Å². The Morgan fingerprint density at radius 1 is 1.06 bits per heavy atom. The van der Waals surface area contributed by atoms with E-state index in [0.29, 0.717) is 18.2 Å². The van der Waals surface area contributed by atoms with Crippen LogP contribution in [-0.2, 0) is 13.2 Å². The van der Waals surface area contributed by atoms with Crippen molar-refractivity contribution < 1.29 is 4.74 Å². The molecule has 3 aromatic heterocycles. The lowest BCUT2D eigenvalue weighted by molar-refractivity contribution is 0.301. The van der Waals surface area contributed by atoms with Crippen molar-refractivity contribution in [2.75, 3.05) is 5.32 Å². The summed E-state index contributed by atoms with van der Waals surface area (Å²) in [6, 6.07) is 17.3. The summed E-state index contributed by atoms with van der Waals surface area (Å²) in [5.41, 5.74) is 3.51. The van der Waals surface area contributed by atoms with E-state index >= 15 is 0 Å². The molecule has 0 aliphatic heterocycles. The lowest BCUT2D eigenvalue weighted by Gasteiger charge is -2.08. The number of halogens is 1. The van der Waals surface area contributed by atoms with Gasteiger partial charge >= 0.3 is 0 Å². The number of ether oxygens (including phenoxy) is 1. The minimum Gasteiger partial charge on any atom is -0.487 e. The molecule has 9 heteroatoms. The van der Waals surface area contributed by atoms with Crippen LogP contribution in [0, 0.1) is 0 Å². The van der Waals surface area contributed by atoms with Crippen molar-refractivity contribution in [3.05, 3.63) is 89.6 Å². The average Bonchev–Trinajstić information content (AvgIpc) is 3.43. The highest BCUT2D eigenvalue weighted by molar-refractivity contribution is 6.30. The predicted octanol–water partition coefficient (Wildman–Crippen LogP) is 4.57. The summed E-state index contributed by atoms with van der Waals surface area (Å²) in [6.07, 6.45) is 5.24. The number of nitrogens with zero attached hydrogens (tertiary/aromatic N) is 5. The number of fused-ring (bicyclic) bond motifs is 1. The molecule has 0 saturated heterocycles. The topological polar surface area (TPSA) is 93.5 Å². The molecule has 0 amide bonds. The van der Waals surface area contributed by atoms with Crippen LogP contribution in [0.4, 0.5) is 11.5 Å². The molecular formula is C22H18ClN7O. The van der Waals surface area contributed by atoms with Crippen molar-refractivity contribution in [1.82, 2.24) is 29.9 Å². The van der Waals surface area contributed by atoms with Crippen LogP contribution in [-0.4, -0.2) is 29.9 Å². The second-order valence-corrected chi connectivity index (χ2v) is 7.37. The highest BCUT2D eigenvalue weighted by atomic mass is 35.5.